The normalized spacial score (nSPS) is 11.7. The molecule has 0 atom stereocenters. The van der Waals surface area contributed by atoms with Gasteiger partial charge in [-0.2, -0.15) is 0 Å². The van der Waals surface area contributed by atoms with Gasteiger partial charge < -0.3 is 5.73 Å². The fraction of sp³-hybridized carbons (Fsp3) is 0.273. The Bertz CT molecular complexity index is 764. The largest absolute Gasteiger partial charge is 0.385 e. The van der Waals surface area contributed by atoms with E-state index >= 15 is 0 Å². The van der Waals surface area contributed by atoms with Crippen LogP contribution in [0.1, 0.15) is 16.7 Å². The summed E-state index contributed by atoms with van der Waals surface area (Å²) >= 11 is 2.21. The third-order valence-corrected chi connectivity index (χ3v) is 6.74. The van der Waals surface area contributed by atoms with Gasteiger partial charge in [0, 0.05) is 22.4 Å². The van der Waals surface area contributed by atoms with Crippen LogP contribution in [0.15, 0.2) is 22.4 Å². The lowest BCUT2D eigenvalue weighted by molar-refractivity contribution is -0.383. The van der Waals surface area contributed by atoms with Gasteiger partial charge >= 0.3 is 5.69 Å². The minimum atomic E-state index is -3.80. The van der Waals surface area contributed by atoms with Gasteiger partial charge in [-0.3, -0.25) is 10.1 Å². The third-order valence-electron chi connectivity index (χ3n) is 2.68. The molecule has 2 aromatic rings. The second-order valence-corrected chi connectivity index (χ2v) is 8.45. The number of nitrogens with one attached hydrogen (secondary N) is 1. The summed E-state index contributed by atoms with van der Waals surface area (Å²) in [5.74, 6) is 0. The zero-order chi connectivity index (χ0) is 15.6. The van der Waals surface area contributed by atoms with Crippen molar-refractivity contribution in [3.05, 3.63) is 38.1 Å². The molecule has 0 radical (unpaired) electrons. The lowest BCUT2D eigenvalue weighted by Gasteiger charge is -2.02. The first-order valence-electron chi connectivity index (χ1n) is 5.94. The van der Waals surface area contributed by atoms with Gasteiger partial charge in [-0.05, 0) is 18.6 Å². The highest BCUT2D eigenvalue weighted by Gasteiger charge is 2.24. The number of anilines is 1. The molecule has 114 valence electrons. The molecule has 0 aliphatic heterocycles. The van der Waals surface area contributed by atoms with Crippen molar-refractivity contribution in [1.82, 2.24) is 4.72 Å². The van der Waals surface area contributed by atoms with Crippen LogP contribution in [0.5, 0.6) is 0 Å². The van der Waals surface area contributed by atoms with Crippen molar-refractivity contribution >= 4 is 43.4 Å². The molecule has 10 heteroatoms. The first kappa shape index (κ1) is 15.9. The van der Waals surface area contributed by atoms with Gasteiger partial charge in [-0.15, -0.1) is 11.3 Å². The quantitative estimate of drug-likeness (QED) is 0.614. The molecule has 0 saturated carbocycles. The Balaban J connectivity index is 2.14. The molecule has 2 heterocycles. The van der Waals surface area contributed by atoms with Gasteiger partial charge in [0.25, 0.3) is 10.0 Å². The fourth-order valence-electron chi connectivity index (χ4n) is 1.59. The Morgan fingerprint density at radius 3 is 2.52 bits per heavy atom. The molecule has 0 bridgehead atoms. The van der Waals surface area contributed by atoms with Crippen molar-refractivity contribution < 1.29 is 13.3 Å². The molecule has 2 aromatic heterocycles. The Hall–Kier alpha value is -1.49. The maximum absolute atomic E-state index is 12.1. The summed E-state index contributed by atoms with van der Waals surface area (Å²) in [5, 5.41) is 10.6. The van der Waals surface area contributed by atoms with Gasteiger partial charge in [0.2, 0.25) is 0 Å². The zero-order valence-electron chi connectivity index (χ0n) is 11.0. The van der Waals surface area contributed by atoms with Crippen LogP contribution in [0.2, 0.25) is 0 Å². The first-order valence-corrected chi connectivity index (χ1v) is 9.06. The highest BCUT2D eigenvalue weighted by molar-refractivity contribution is 7.91. The second kappa shape index (κ2) is 6.10. The summed E-state index contributed by atoms with van der Waals surface area (Å²) < 4.78 is 26.5. The molecule has 0 saturated heterocycles. The minimum Gasteiger partial charge on any atom is -0.385 e. The van der Waals surface area contributed by atoms with Crippen LogP contribution < -0.4 is 10.5 Å². The van der Waals surface area contributed by atoms with E-state index in [1.807, 2.05) is 19.1 Å². The molecule has 0 aliphatic carbocycles. The lowest BCUT2D eigenvalue weighted by atomic mass is 10.4. The van der Waals surface area contributed by atoms with Crippen LogP contribution in [0.4, 0.5) is 10.7 Å². The standard InChI is InChI=1S/C11H13N3O4S3/c1-2-7-3-4-8(19-7)6-13-21(17,18)10-5-9(14(15)16)11(12)20-10/h3-5,13H,2,6,12H2,1H3. The van der Waals surface area contributed by atoms with Gasteiger partial charge in [-0.25, -0.2) is 13.1 Å². The van der Waals surface area contributed by atoms with E-state index in [1.165, 1.54) is 16.2 Å². The zero-order valence-corrected chi connectivity index (χ0v) is 13.5. The van der Waals surface area contributed by atoms with E-state index in [0.29, 0.717) is 11.3 Å². The lowest BCUT2D eigenvalue weighted by Crippen LogP contribution is -2.21. The fourth-order valence-corrected chi connectivity index (χ4v) is 4.85. The predicted molar refractivity (Wildman–Crippen MR) is 83.1 cm³/mol. The smallest absolute Gasteiger partial charge is 0.304 e. The van der Waals surface area contributed by atoms with Crippen LogP contribution in [-0.2, 0) is 23.0 Å². The van der Waals surface area contributed by atoms with Gasteiger partial charge in [0.05, 0.1) is 4.92 Å². The van der Waals surface area contributed by atoms with Crippen LogP contribution >= 0.6 is 22.7 Å². The van der Waals surface area contributed by atoms with Crippen molar-refractivity contribution in [2.45, 2.75) is 24.1 Å². The highest BCUT2D eigenvalue weighted by atomic mass is 32.2. The van der Waals surface area contributed by atoms with Crippen LogP contribution in [0.25, 0.3) is 0 Å². The Morgan fingerprint density at radius 2 is 2.00 bits per heavy atom. The Morgan fingerprint density at radius 1 is 1.33 bits per heavy atom. The molecule has 0 fully saturated rings. The molecule has 7 nitrogen and oxygen atoms in total. The van der Waals surface area contributed by atoms with Crippen molar-refractivity contribution in [3.63, 3.8) is 0 Å². The number of nitrogen functional groups attached to an aromatic ring is 1. The predicted octanol–water partition coefficient (Wildman–Crippen LogP) is 2.34. The molecule has 0 amide bonds. The number of nitrogens with two attached hydrogens (primary N) is 1. The maximum atomic E-state index is 12.1. The number of sulfonamides is 1. The summed E-state index contributed by atoms with van der Waals surface area (Å²) in [7, 11) is -3.80. The number of rotatable bonds is 6. The van der Waals surface area contributed by atoms with E-state index in [0.717, 1.165) is 17.4 Å². The van der Waals surface area contributed by atoms with Crippen LogP contribution in [0, 0.1) is 10.1 Å². The SMILES string of the molecule is CCc1ccc(CNS(=O)(=O)c2cc([N+](=O)[O-])c(N)s2)s1. The number of hydrogen-bond acceptors (Lipinski definition) is 7. The Labute approximate surface area is 129 Å². The number of nitrogens with zero attached hydrogens (tertiary/aromatic N) is 1. The third kappa shape index (κ3) is 3.59. The molecule has 0 aromatic carbocycles. The van der Waals surface area contributed by atoms with Crippen molar-refractivity contribution in [3.8, 4) is 0 Å². The molecular weight excluding hydrogens is 334 g/mol. The van der Waals surface area contributed by atoms with Crippen molar-refractivity contribution in [1.29, 1.82) is 0 Å². The number of thiophene rings is 2. The monoisotopic (exact) mass is 347 g/mol. The molecule has 0 unspecified atom stereocenters. The van der Waals surface area contributed by atoms with Crippen molar-refractivity contribution in [2.75, 3.05) is 5.73 Å². The van der Waals surface area contributed by atoms with Gasteiger partial charge in [-0.1, -0.05) is 18.3 Å². The number of aryl methyl sites for hydroxylation is 1. The van der Waals surface area contributed by atoms with Crippen LogP contribution in [-0.4, -0.2) is 13.3 Å². The second-order valence-electron chi connectivity index (χ2n) is 4.12. The molecule has 0 spiro atoms. The van der Waals surface area contributed by atoms with E-state index in [2.05, 4.69) is 4.72 Å². The van der Waals surface area contributed by atoms with Crippen LogP contribution in [0.3, 0.4) is 0 Å². The minimum absolute atomic E-state index is 0.121. The van der Waals surface area contributed by atoms with E-state index < -0.39 is 14.9 Å². The maximum Gasteiger partial charge on any atom is 0.304 e. The highest BCUT2D eigenvalue weighted by Crippen LogP contribution is 2.34. The first-order chi connectivity index (χ1) is 9.83. The summed E-state index contributed by atoms with van der Waals surface area (Å²) in [6, 6.07) is 4.79. The Kier molecular flexibility index (Phi) is 4.61. The van der Waals surface area contributed by atoms with E-state index in [1.54, 1.807) is 0 Å². The number of hydrogen-bond donors (Lipinski definition) is 2. The van der Waals surface area contributed by atoms with E-state index in [-0.39, 0.29) is 21.4 Å². The molecule has 2 rings (SSSR count). The molecular formula is C11H13N3O4S3. The van der Waals surface area contributed by atoms with Crippen molar-refractivity contribution in [2.24, 2.45) is 0 Å². The summed E-state index contributed by atoms with van der Waals surface area (Å²) in [6.45, 7) is 2.17. The summed E-state index contributed by atoms with van der Waals surface area (Å²) in [6.07, 6.45) is 0.894. The summed E-state index contributed by atoms with van der Waals surface area (Å²) in [4.78, 5) is 12.0. The topological polar surface area (TPSA) is 115 Å². The molecule has 21 heavy (non-hydrogen) atoms. The average molecular weight is 347 g/mol. The molecule has 3 N–H and O–H groups in total. The van der Waals surface area contributed by atoms with Gasteiger partial charge in [0.15, 0.2) is 5.00 Å². The number of nitro groups is 1. The van der Waals surface area contributed by atoms with Gasteiger partial charge in [0.1, 0.15) is 4.21 Å². The van der Waals surface area contributed by atoms with E-state index in [9.17, 15) is 18.5 Å². The summed E-state index contributed by atoms with van der Waals surface area (Å²) in [5.41, 5.74) is 5.07. The molecule has 0 aliphatic rings. The average Bonchev–Trinajstić information content (AvgIpc) is 3.02. The van der Waals surface area contributed by atoms with E-state index in [4.69, 9.17) is 5.73 Å².